The van der Waals surface area contributed by atoms with Crippen LogP contribution in [0.3, 0.4) is 0 Å². The molecule has 0 aliphatic carbocycles. The molecule has 0 spiro atoms. The average Bonchev–Trinajstić information content (AvgIpc) is 2.31. The number of anilines is 1. The van der Waals surface area contributed by atoms with Gasteiger partial charge in [0.25, 0.3) is 0 Å². The Balaban J connectivity index is 0.00000106. The molecule has 0 aliphatic heterocycles. The molecular weight excluding hydrogens is 208 g/mol. The van der Waals surface area contributed by atoms with Crippen molar-refractivity contribution in [1.82, 2.24) is 0 Å². The first-order chi connectivity index (χ1) is 7.72. The van der Waals surface area contributed by atoms with E-state index >= 15 is 0 Å². The summed E-state index contributed by atoms with van der Waals surface area (Å²) in [7, 11) is 0. The van der Waals surface area contributed by atoms with E-state index in [0.29, 0.717) is 12.1 Å². The van der Waals surface area contributed by atoms with Gasteiger partial charge in [0.15, 0.2) is 0 Å². The van der Waals surface area contributed by atoms with Crippen LogP contribution in [0.25, 0.3) is 0 Å². The number of nitrogens with one attached hydrogen (secondary N) is 1. The first-order valence-corrected chi connectivity index (χ1v) is 4.93. The molecule has 0 saturated carbocycles. The monoisotopic (exact) mass is 224 g/mol. The minimum atomic E-state index is -0.805. The van der Waals surface area contributed by atoms with Crippen LogP contribution >= 0.6 is 0 Å². The van der Waals surface area contributed by atoms with E-state index in [-0.39, 0.29) is 6.61 Å². The molecule has 2 amide bonds. The predicted molar refractivity (Wildman–Crippen MR) is 61.8 cm³/mol. The van der Waals surface area contributed by atoms with Crippen molar-refractivity contribution in [2.24, 2.45) is 5.73 Å². The second-order valence-electron chi connectivity index (χ2n) is 2.57. The largest absolute Gasteiger partial charge is 0.445 e. The third-order valence-electron chi connectivity index (χ3n) is 1.56. The smallest absolute Gasteiger partial charge is 0.404 e. The van der Waals surface area contributed by atoms with Crippen LogP contribution < -0.4 is 11.1 Å². The minimum absolute atomic E-state index is 0.136. The average molecular weight is 224 g/mol. The summed E-state index contributed by atoms with van der Waals surface area (Å²) in [4.78, 5) is 20.4. The maximum atomic E-state index is 10.3. The molecule has 1 aromatic rings. The summed E-state index contributed by atoms with van der Waals surface area (Å²) >= 11 is 0. The van der Waals surface area contributed by atoms with E-state index < -0.39 is 6.09 Å². The van der Waals surface area contributed by atoms with Crippen LogP contribution in [-0.4, -0.2) is 12.5 Å². The molecular formula is C11H16N2O3. The number of nitrogens with two attached hydrogens (primary N) is 1. The van der Waals surface area contributed by atoms with E-state index in [0.717, 1.165) is 5.56 Å². The summed E-state index contributed by atoms with van der Waals surface area (Å²) in [6.07, 6.45) is -0.213. The van der Waals surface area contributed by atoms with Gasteiger partial charge in [-0.05, 0) is 17.7 Å². The Morgan fingerprint density at radius 1 is 1.38 bits per heavy atom. The van der Waals surface area contributed by atoms with Gasteiger partial charge in [-0.1, -0.05) is 26.0 Å². The van der Waals surface area contributed by atoms with E-state index in [1.54, 1.807) is 24.3 Å². The van der Waals surface area contributed by atoms with Crippen LogP contribution in [0.1, 0.15) is 19.4 Å². The minimum Gasteiger partial charge on any atom is -0.445 e. The normalized spacial score (nSPS) is 8.38. The predicted octanol–water partition coefficient (Wildman–Crippen LogP) is 1.88. The molecule has 1 rings (SSSR count). The molecule has 3 N–H and O–H groups in total. The molecule has 0 aromatic heterocycles. The lowest BCUT2D eigenvalue weighted by Crippen LogP contribution is -2.12. The quantitative estimate of drug-likeness (QED) is 0.766. The maximum Gasteiger partial charge on any atom is 0.404 e. The number of hydrogen-bond acceptors (Lipinski definition) is 3. The van der Waals surface area contributed by atoms with Crippen molar-refractivity contribution in [2.45, 2.75) is 20.5 Å². The third kappa shape index (κ3) is 5.64. The molecule has 88 valence electrons. The van der Waals surface area contributed by atoms with Gasteiger partial charge in [-0.2, -0.15) is 0 Å². The molecule has 5 heteroatoms. The third-order valence-corrected chi connectivity index (χ3v) is 1.56. The maximum absolute atomic E-state index is 10.3. The lowest BCUT2D eigenvalue weighted by Gasteiger charge is -2.02. The van der Waals surface area contributed by atoms with Gasteiger partial charge in [-0.15, -0.1) is 0 Å². The number of carbonyl (C=O) groups excluding carboxylic acids is 2. The van der Waals surface area contributed by atoms with Gasteiger partial charge in [-0.3, -0.25) is 4.79 Å². The zero-order valence-corrected chi connectivity index (χ0v) is 9.40. The van der Waals surface area contributed by atoms with Crippen LogP contribution in [-0.2, 0) is 16.1 Å². The van der Waals surface area contributed by atoms with Crippen LogP contribution in [0.15, 0.2) is 24.3 Å². The number of amides is 2. The van der Waals surface area contributed by atoms with Gasteiger partial charge in [-0.25, -0.2) is 4.79 Å². The number of hydrogen-bond donors (Lipinski definition) is 2. The highest BCUT2D eigenvalue weighted by atomic mass is 16.5. The molecule has 0 heterocycles. The van der Waals surface area contributed by atoms with Crippen LogP contribution in [0.2, 0.25) is 0 Å². The Bertz CT molecular complexity index is 323. The highest BCUT2D eigenvalue weighted by Crippen LogP contribution is 2.09. The second-order valence-corrected chi connectivity index (χ2v) is 2.57. The van der Waals surface area contributed by atoms with E-state index in [1.165, 1.54) is 0 Å². The Labute approximate surface area is 94.6 Å². The van der Waals surface area contributed by atoms with Crippen LogP contribution in [0.4, 0.5) is 10.5 Å². The van der Waals surface area contributed by atoms with Crippen molar-refractivity contribution < 1.29 is 14.3 Å². The molecule has 0 aliphatic rings. The Morgan fingerprint density at radius 2 is 1.94 bits per heavy atom. The highest BCUT2D eigenvalue weighted by Gasteiger charge is 1.96. The number of primary amides is 1. The molecule has 16 heavy (non-hydrogen) atoms. The van der Waals surface area contributed by atoms with Gasteiger partial charge in [0.1, 0.15) is 6.61 Å². The molecule has 5 nitrogen and oxygen atoms in total. The van der Waals surface area contributed by atoms with Gasteiger partial charge in [0.05, 0.1) is 0 Å². The summed E-state index contributed by atoms with van der Waals surface area (Å²) in [5, 5.41) is 2.49. The van der Waals surface area contributed by atoms with Crippen molar-refractivity contribution >= 4 is 18.2 Å². The van der Waals surface area contributed by atoms with Crippen molar-refractivity contribution in [3.8, 4) is 0 Å². The molecule has 0 atom stereocenters. The summed E-state index contributed by atoms with van der Waals surface area (Å²) < 4.78 is 4.58. The van der Waals surface area contributed by atoms with Gasteiger partial charge in [0, 0.05) is 5.69 Å². The molecule has 0 saturated heterocycles. The Morgan fingerprint density at radius 3 is 2.38 bits per heavy atom. The van der Waals surface area contributed by atoms with Gasteiger partial charge in [0.2, 0.25) is 6.41 Å². The number of carbonyl (C=O) groups is 2. The summed E-state index contributed by atoms with van der Waals surface area (Å²) in [5.41, 5.74) is 6.29. The lowest BCUT2D eigenvalue weighted by atomic mass is 10.2. The zero-order chi connectivity index (χ0) is 12.4. The highest BCUT2D eigenvalue weighted by molar-refractivity contribution is 5.71. The molecule has 1 aromatic carbocycles. The summed E-state index contributed by atoms with van der Waals surface area (Å²) in [6, 6.07) is 6.87. The molecule has 0 fully saturated rings. The number of rotatable bonds is 4. The van der Waals surface area contributed by atoms with Crippen molar-refractivity contribution in [2.75, 3.05) is 5.32 Å². The Kier molecular flexibility index (Phi) is 7.23. The topological polar surface area (TPSA) is 81.4 Å². The summed E-state index contributed by atoms with van der Waals surface area (Å²) in [5.74, 6) is 0. The molecule has 0 bridgehead atoms. The van der Waals surface area contributed by atoms with Crippen molar-refractivity contribution in [1.29, 1.82) is 0 Å². The zero-order valence-electron chi connectivity index (χ0n) is 9.40. The van der Waals surface area contributed by atoms with Crippen molar-refractivity contribution in [3.05, 3.63) is 29.8 Å². The van der Waals surface area contributed by atoms with Crippen LogP contribution in [0.5, 0.6) is 0 Å². The van der Waals surface area contributed by atoms with E-state index in [1.807, 2.05) is 13.8 Å². The van der Waals surface area contributed by atoms with Gasteiger partial charge < -0.3 is 15.8 Å². The van der Waals surface area contributed by atoms with Crippen molar-refractivity contribution in [3.63, 3.8) is 0 Å². The first-order valence-electron chi connectivity index (χ1n) is 4.93. The van der Waals surface area contributed by atoms with E-state index in [4.69, 9.17) is 5.73 Å². The van der Waals surface area contributed by atoms with Gasteiger partial charge >= 0.3 is 6.09 Å². The lowest BCUT2D eigenvalue weighted by molar-refractivity contribution is -0.105. The van der Waals surface area contributed by atoms with Crippen LogP contribution in [0, 0.1) is 0 Å². The van der Waals surface area contributed by atoms with E-state index in [2.05, 4.69) is 10.1 Å². The van der Waals surface area contributed by atoms with E-state index in [9.17, 15) is 9.59 Å². The Hall–Kier alpha value is -2.04. The second kappa shape index (κ2) is 8.28. The standard InChI is InChI=1S/C9H10N2O3.C2H6/c10-9(13)14-5-7-1-3-8(4-2-7)11-6-12;1-2/h1-4,6H,5H2,(H2,10,13)(H,11,12);1-2H3. The first kappa shape index (κ1) is 14.0. The fourth-order valence-corrected chi connectivity index (χ4v) is 0.920. The number of benzene rings is 1. The molecule has 0 unspecified atom stereocenters. The number of ether oxygens (including phenoxy) is 1. The fourth-order valence-electron chi connectivity index (χ4n) is 0.920. The summed E-state index contributed by atoms with van der Waals surface area (Å²) in [6.45, 7) is 4.14. The molecule has 0 radical (unpaired) electrons. The SMILES string of the molecule is CC.NC(=O)OCc1ccc(NC=O)cc1. The fraction of sp³-hybridized carbons (Fsp3) is 0.273.